The lowest BCUT2D eigenvalue weighted by atomic mass is 9.51. The van der Waals surface area contributed by atoms with Crippen molar-refractivity contribution < 1.29 is 43.6 Å². The Hall–Kier alpha value is -2.52. The van der Waals surface area contributed by atoms with Gasteiger partial charge in [0.15, 0.2) is 0 Å². The highest BCUT2D eigenvalue weighted by Crippen LogP contribution is 2.58. The Morgan fingerprint density at radius 3 is 2.68 bits per heavy atom. The summed E-state index contributed by atoms with van der Waals surface area (Å²) in [6, 6.07) is 0. The van der Waals surface area contributed by atoms with Gasteiger partial charge >= 0.3 is 17.9 Å². The zero-order valence-corrected chi connectivity index (χ0v) is 17.6. The van der Waals surface area contributed by atoms with Gasteiger partial charge in [-0.2, -0.15) is 0 Å². The summed E-state index contributed by atoms with van der Waals surface area (Å²) in [6.45, 7) is 9.77. The fraction of sp³-hybridized carbons (Fsp3) is 0.636. The Labute approximate surface area is 180 Å². The van der Waals surface area contributed by atoms with Crippen molar-refractivity contribution in [1.82, 2.24) is 0 Å². The van der Waals surface area contributed by atoms with Gasteiger partial charge in [-0.25, -0.2) is 9.59 Å². The van der Waals surface area contributed by atoms with Gasteiger partial charge in [-0.3, -0.25) is 4.79 Å². The molecule has 0 aromatic carbocycles. The van der Waals surface area contributed by atoms with Gasteiger partial charge in [-0.1, -0.05) is 20.1 Å². The largest absolute Gasteiger partial charge is 0.463 e. The van der Waals surface area contributed by atoms with Crippen LogP contribution in [0.4, 0.5) is 0 Å². The monoisotopic (exact) mass is 436 g/mol. The third-order valence-corrected chi connectivity index (χ3v) is 7.07. The van der Waals surface area contributed by atoms with E-state index in [0.29, 0.717) is 12.8 Å². The molecule has 0 bridgehead atoms. The summed E-state index contributed by atoms with van der Waals surface area (Å²) in [5.41, 5.74) is -1.13. The summed E-state index contributed by atoms with van der Waals surface area (Å²) in [6.07, 6.45) is -2.16. The minimum Gasteiger partial charge on any atom is -0.463 e. The van der Waals surface area contributed by atoms with Crippen LogP contribution in [0.5, 0.6) is 0 Å². The lowest BCUT2D eigenvalue weighted by molar-refractivity contribution is -0.214. The summed E-state index contributed by atoms with van der Waals surface area (Å²) < 4.78 is 15.9. The third kappa shape index (κ3) is 3.92. The molecule has 0 aromatic heterocycles. The van der Waals surface area contributed by atoms with Gasteiger partial charge in [0.05, 0.1) is 11.7 Å². The number of hydrogen-bond donors (Lipinski definition) is 2. The second kappa shape index (κ2) is 8.55. The number of carbonyl (C=O) groups excluding carboxylic acids is 4. The number of aliphatic hydroxyl groups is 2. The molecule has 3 aliphatic rings. The first kappa shape index (κ1) is 23.1. The molecule has 170 valence electrons. The predicted octanol–water partition coefficient (Wildman–Crippen LogP) is 0.472. The first-order valence-corrected chi connectivity index (χ1v) is 10.3. The Morgan fingerprint density at radius 2 is 2.06 bits per heavy atom. The molecule has 0 aromatic rings. The Morgan fingerprint density at radius 1 is 1.39 bits per heavy atom. The lowest BCUT2D eigenvalue weighted by Crippen LogP contribution is -2.63. The zero-order valence-electron chi connectivity index (χ0n) is 17.6. The van der Waals surface area contributed by atoms with Gasteiger partial charge in [0.2, 0.25) is 0 Å². The van der Waals surface area contributed by atoms with E-state index in [0.717, 1.165) is 6.29 Å². The van der Waals surface area contributed by atoms with E-state index in [1.165, 1.54) is 6.92 Å². The average Bonchev–Trinajstić information content (AvgIpc) is 3.00. The standard InChI is InChI=1S/C22H28O9/c1-10-14-7-17(30-21(28)11(2)15(25)9-29-12(3)24)22(4)16(26)6-5-13(8-23)18(22)19(14)31-20(10)27/h8,13-19,25-26H,1-2,5-7,9H2,3-4H3/t13-,14+,15+,16-,17-,18-,19+,22-/m1/s1. The van der Waals surface area contributed by atoms with Crippen LogP contribution in [0, 0.1) is 23.2 Å². The van der Waals surface area contributed by atoms with Gasteiger partial charge in [-0.15, -0.1) is 0 Å². The maximum absolute atomic E-state index is 12.7. The molecule has 3 fully saturated rings. The molecule has 1 saturated heterocycles. The average molecular weight is 436 g/mol. The summed E-state index contributed by atoms with van der Waals surface area (Å²) in [5, 5.41) is 21.0. The molecular formula is C22H28O9. The van der Waals surface area contributed by atoms with Crippen LogP contribution in [0.15, 0.2) is 24.3 Å². The number of aliphatic hydroxyl groups excluding tert-OH is 2. The van der Waals surface area contributed by atoms with Crippen LogP contribution in [0.3, 0.4) is 0 Å². The molecule has 8 atom stereocenters. The summed E-state index contributed by atoms with van der Waals surface area (Å²) in [4.78, 5) is 47.7. The summed E-state index contributed by atoms with van der Waals surface area (Å²) in [5.74, 6) is -3.61. The Bertz CT molecular complexity index is 818. The van der Waals surface area contributed by atoms with Crippen molar-refractivity contribution in [2.24, 2.45) is 23.2 Å². The van der Waals surface area contributed by atoms with Crippen LogP contribution in [0.1, 0.15) is 33.1 Å². The Balaban J connectivity index is 1.88. The number of carbonyl (C=O) groups is 4. The number of rotatable bonds is 6. The van der Waals surface area contributed by atoms with Crippen molar-refractivity contribution in [1.29, 1.82) is 0 Å². The van der Waals surface area contributed by atoms with Crippen LogP contribution < -0.4 is 0 Å². The Kier molecular flexibility index (Phi) is 6.38. The molecule has 0 spiro atoms. The number of fused-ring (bicyclic) bond motifs is 3. The smallest absolute Gasteiger partial charge is 0.336 e. The molecule has 2 saturated carbocycles. The van der Waals surface area contributed by atoms with Gasteiger partial charge in [-0.05, 0) is 19.3 Å². The SMILES string of the molecule is C=C(C(=O)O[C@@H]1C[C@H]2C(=C)C(=O)O[C@@H]2[C@H]2[C@@H](C=O)CC[C@@H](O)[C@@]21C)[C@@H](O)COC(C)=O. The van der Waals surface area contributed by atoms with E-state index in [2.05, 4.69) is 13.2 Å². The van der Waals surface area contributed by atoms with Crippen LogP contribution in [-0.4, -0.2) is 65.4 Å². The molecule has 1 aliphatic heterocycles. The van der Waals surface area contributed by atoms with E-state index in [1.807, 2.05) is 0 Å². The van der Waals surface area contributed by atoms with Gasteiger partial charge in [0.1, 0.15) is 31.2 Å². The van der Waals surface area contributed by atoms with E-state index in [4.69, 9.17) is 14.2 Å². The van der Waals surface area contributed by atoms with Crippen molar-refractivity contribution in [2.75, 3.05) is 6.61 Å². The zero-order chi connectivity index (χ0) is 23.1. The summed E-state index contributed by atoms with van der Waals surface area (Å²) >= 11 is 0. The number of esters is 3. The molecule has 1 heterocycles. The normalized spacial score (nSPS) is 37.7. The minimum atomic E-state index is -1.46. The second-order valence-electron chi connectivity index (χ2n) is 8.76. The summed E-state index contributed by atoms with van der Waals surface area (Å²) in [7, 11) is 0. The highest BCUT2D eigenvalue weighted by molar-refractivity contribution is 5.91. The van der Waals surface area contributed by atoms with Gasteiger partial charge in [0.25, 0.3) is 0 Å². The fourth-order valence-electron chi connectivity index (χ4n) is 5.23. The van der Waals surface area contributed by atoms with Crippen molar-refractivity contribution in [2.45, 2.75) is 57.5 Å². The van der Waals surface area contributed by atoms with Crippen LogP contribution in [0.25, 0.3) is 0 Å². The lowest BCUT2D eigenvalue weighted by Gasteiger charge is -2.56. The molecular weight excluding hydrogens is 408 g/mol. The van der Waals surface area contributed by atoms with Crippen molar-refractivity contribution in [3.8, 4) is 0 Å². The number of aldehydes is 1. The van der Waals surface area contributed by atoms with Gasteiger partial charge in [0, 0.05) is 35.7 Å². The van der Waals surface area contributed by atoms with Crippen molar-refractivity contribution in [3.05, 3.63) is 24.3 Å². The molecule has 0 radical (unpaired) electrons. The molecule has 2 aliphatic carbocycles. The number of hydrogen-bond acceptors (Lipinski definition) is 9. The molecule has 3 rings (SSSR count). The highest BCUT2D eigenvalue weighted by atomic mass is 16.6. The third-order valence-electron chi connectivity index (χ3n) is 7.07. The van der Waals surface area contributed by atoms with E-state index < -0.39 is 72.1 Å². The minimum absolute atomic E-state index is 0.171. The predicted molar refractivity (Wildman–Crippen MR) is 105 cm³/mol. The molecule has 2 N–H and O–H groups in total. The maximum atomic E-state index is 12.7. The highest BCUT2D eigenvalue weighted by Gasteiger charge is 2.64. The number of ether oxygens (including phenoxy) is 3. The molecule has 0 unspecified atom stereocenters. The van der Waals surface area contributed by atoms with E-state index in [1.54, 1.807) is 6.92 Å². The van der Waals surface area contributed by atoms with E-state index in [-0.39, 0.29) is 17.6 Å². The fourth-order valence-corrected chi connectivity index (χ4v) is 5.23. The van der Waals surface area contributed by atoms with Crippen molar-refractivity contribution >= 4 is 24.2 Å². The van der Waals surface area contributed by atoms with Crippen molar-refractivity contribution in [3.63, 3.8) is 0 Å². The molecule has 31 heavy (non-hydrogen) atoms. The van der Waals surface area contributed by atoms with Crippen LogP contribution >= 0.6 is 0 Å². The van der Waals surface area contributed by atoms with E-state index in [9.17, 15) is 29.4 Å². The molecule has 0 amide bonds. The quantitative estimate of drug-likeness (QED) is 0.263. The van der Waals surface area contributed by atoms with Gasteiger partial charge < -0.3 is 29.2 Å². The van der Waals surface area contributed by atoms with Crippen LogP contribution in [-0.2, 0) is 33.4 Å². The first-order valence-electron chi connectivity index (χ1n) is 10.3. The second-order valence-corrected chi connectivity index (χ2v) is 8.76. The van der Waals surface area contributed by atoms with Crippen LogP contribution in [0.2, 0.25) is 0 Å². The molecule has 9 heteroatoms. The maximum Gasteiger partial charge on any atom is 0.336 e. The molecule has 9 nitrogen and oxygen atoms in total. The van der Waals surface area contributed by atoms with E-state index >= 15 is 0 Å². The topological polar surface area (TPSA) is 136 Å². The first-order chi connectivity index (χ1) is 14.5.